The fraction of sp³-hybridized carbons (Fsp3) is 0.222. The predicted octanol–water partition coefficient (Wildman–Crippen LogP) is 4.91. The van der Waals surface area contributed by atoms with Crippen molar-refractivity contribution in [3.63, 3.8) is 0 Å². The first-order valence-corrected chi connectivity index (χ1v) is 7.13. The highest BCUT2D eigenvalue weighted by molar-refractivity contribution is 5.55. The molecule has 0 fully saturated rings. The van der Waals surface area contributed by atoms with Gasteiger partial charge in [-0.3, -0.25) is 0 Å². The third-order valence-electron chi connectivity index (χ3n) is 4.08. The van der Waals surface area contributed by atoms with Crippen molar-refractivity contribution < 1.29 is 13.2 Å². The molecule has 0 saturated carbocycles. The quantitative estimate of drug-likeness (QED) is 0.713. The van der Waals surface area contributed by atoms with Crippen LogP contribution in [0.5, 0.6) is 0 Å². The van der Waals surface area contributed by atoms with Crippen LogP contribution in [-0.4, -0.2) is 12.2 Å². The molecule has 114 valence electrons. The van der Waals surface area contributed by atoms with Gasteiger partial charge in [-0.15, -0.1) is 6.58 Å². The lowest BCUT2D eigenvalue weighted by atomic mass is 9.87. The number of rotatable bonds is 2. The minimum absolute atomic E-state index is 0.0428. The number of benzene rings is 2. The summed E-state index contributed by atoms with van der Waals surface area (Å²) < 4.78 is 40.8. The molecule has 0 spiro atoms. The van der Waals surface area contributed by atoms with Crippen LogP contribution in [0.15, 0.2) is 67.3 Å². The summed E-state index contributed by atoms with van der Waals surface area (Å²) in [5.41, 5.74) is 2.19. The highest BCUT2D eigenvalue weighted by atomic mass is 19.4. The Balaban J connectivity index is 2.16. The van der Waals surface area contributed by atoms with Crippen molar-refractivity contribution in [1.82, 2.24) is 0 Å². The van der Waals surface area contributed by atoms with Gasteiger partial charge < -0.3 is 4.90 Å². The molecule has 0 amide bonds. The Bertz CT molecular complexity index is 664. The largest absolute Gasteiger partial charge is 0.409 e. The van der Waals surface area contributed by atoms with Gasteiger partial charge in [0.15, 0.2) is 0 Å². The second kappa shape index (κ2) is 5.52. The highest BCUT2D eigenvalue weighted by Gasteiger charge is 2.48. The summed E-state index contributed by atoms with van der Waals surface area (Å²) in [7, 11) is 0. The standard InChI is InChI=1S/C18H16F3N/c1-2-16-15-11-7-6-8-13(15)12-17(18(19,20)21)22(16)14-9-4-3-5-10-14/h2-11,16-17H,1,12H2. The predicted molar refractivity (Wildman–Crippen MR) is 81.8 cm³/mol. The van der Waals surface area contributed by atoms with Crippen LogP contribution in [0, 0.1) is 0 Å². The molecule has 0 N–H and O–H groups in total. The maximum absolute atomic E-state index is 13.6. The molecule has 1 nitrogen and oxygen atoms in total. The Morgan fingerprint density at radius 1 is 1.00 bits per heavy atom. The Morgan fingerprint density at radius 3 is 2.27 bits per heavy atom. The van der Waals surface area contributed by atoms with Crippen molar-refractivity contribution in [1.29, 1.82) is 0 Å². The zero-order valence-corrected chi connectivity index (χ0v) is 11.9. The fourth-order valence-corrected chi connectivity index (χ4v) is 3.11. The molecule has 1 heterocycles. The van der Waals surface area contributed by atoms with Gasteiger partial charge in [0.1, 0.15) is 6.04 Å². The molecule has 4 heteroatoms. The molecule has 0 radical (unpaired) electrons. The van der Waals surface area contributed by atoms with E-state index in [0.717, 1.165) is 11.1 Å². The second-order valence-corrected chi connectivity index (χ2v) is 5.38. The van der Waals surface area contributed by atoms with Crippen molar-refractivity contribution in [2.45, 2.75) is 24.7 Å². The number of fused-ring (bicyclic) bond motifs is 1. The van der Waals surface area contributed by atoms with Gasteiger partial charge in [-0.05, 0) is 23.3 Å². The van der Waals surface area contributed by atoms with Crippen LogP contribution in [0.3, 0.4) is 0 Å². The van der Waals surface area contributed by atoms with Crippen molar-refractivity contribution in [3.05, 3.63) is 78.4 Å². The van der Waals surface area contributed by atoms with Crippen LogP contribution < -0.4 is 4.90 Å². The first kappa shape index (κ1) is 14.7. The molecular weight excluding hydrogens is 287 g/mol. The van der Waals surface area contributed by atoms with Gasteiger partial charge >= 0.3 is 6.18 Å². The lowest BCUT2D eigenvalue weighted by molar-refractivity contribution is -0.150. The van der Waals surface area contributed by atoms with Crippen LogP contribution in [0.25, 0.3) is 0 Å². The Morgan fingerprint density at radius 2 is 1.64 bits per heavy atom. The molecular formula is C18H16F3N. The highest BCUT2D eigenvalue weighted by Crippen LogP contribution is 2.42. The minimum Gasteiger partial charge on any atom is -0.349 e. The van der Waals surface area contributed by atoms with E-state index in [0.29, 0.717) is 5.69 Å². The molecule has 0 aromatic heterocycles. The van der Waals surface area contributed by atoms with Crippen LogP contribution >= 0.6 is 0 Å². The number of hydrogen-bond donors (Lipinski definition) is 0. The summed E-state index contributed by atoms with van der Waals surface area (Å²) in [5, 5.41) is 0. The van der Waals surface area contributed by atoms with Gasteiger partial charge in [0.25, 0.3) is 0 Å². The Labute approximate surface area is 127 Å². The first-order valence-electron chi connectivity index (χ1n) is 7.13. The van der Waals surface area contributed by atoms with Gasteiger partial charge in [0, 0.05) is 12.1 Å². The number of para-hydroxylation sites is 1. The summed E-state index contributed by atoms with van der Waals surface area (Å²) in [5.74, 6) is 0. The van der Waals surface area contributed by atoms with E-state index in [1.807, 2.05) is 12.1 Å². The third-order valence-corrected chi connectivity index (χ3v) is 4.08. The van der Waals surface area contributed by atoms with E-state index in [1.54, 1.807) is 48.5 Å². The van der Waals surface area contributed by atoms with Crippen LogP contribution in [-0.2, 0) is 6.42 Å². The van der Waals surface area contributed by atoms with Crippen molar-refractivity contribution in [3.8, 4) is 0 Å². The van der Waals surface area contributed by atoms with Gasteiger partial charge in [-0.25, -0.2) is 0 Å². The lowest BCUT2D eigenvalue weighted by Crippen LogP contribution is -2.51. The third kappa shape index (κ3) is 2.49. The topological polar surface area (TPSA) is 3.24 Å². The summed E-state index contributed by atoms with van der Waals surface area (Å²) in [6.07, 6.45) is -2.76. The number of halogens is 3. The summed E-state index contributed by atoms with van der Waals surface area (Å²) in [4.78, 5) is 1.43. The van der Waals surface area contributed by atoms with Crippen LogP contribution in [0.4, 0.5) is 18.9 Å². The molecule has 1 aliphatic rings. The SMILES string of the molecule is C=CC1c2ccccc2CC(C(F)(F)F)N1c1ccccc1. The summed E-state index contributed by atoms with van der Waals surface area (Å²) in [6, 6.07) is 14.0. The lowest BCUT2D eigenvalue weighted by Gasteiger charge is -2.44. The smallest absolute Gasteiger partial charge is 0.349 e. The van der Waals surface area contributed by atoms with E-state index < -0.39 is 18.3 Å². The second-order valence-electron chi connectivity index (χ2n) is 5.38. The van der Waals surface area contributed by atoms with Crippen molar-refractivity contribution in [2.24, 2.45) is 0 Å². The zero-order valence-electron chi connectivity index (χ0n) is 11.9. The molecule has 0 aliphatic carbocycles. The Kier molecular flexibility index (Phi) is 3.69. The summed E-state index contributed by atoms with van der Waals surface area (Å²) in [6.45, 7) is 3.77. The minimum atomic E-state index is -4.30. The fourth-order valence-electron chi connectivity index (χ4n) is 3.11. The molecule has 2 aromatic carbocycles. The summed E-state index contributed by atoms with van der Waals surface area (Å²) >= 11 is 0. The first-order chi connectivity index (χ1) is 10.5. The number of anilines is 1. The number of hydrogen-bond acceptors (Lipinski definition) is 1. The normalized spacial score (nSPS) is 21.3. The molecule has 2 unspecified atom stereocenters. The van der Waals surface area contributed by atoms with Crippen LogP contribution in [0.1, 0.15) is 17.2 Å². The Hall–Kier alpha value is -2.23. The molecule has 2 atom stereocenters. The molecule has 1 aliphatic heterocycles. The number of alkyl halides is 3. The molecule has 3 rings (SSSR count). The molecule has 2 aromatic rings. The van der Waals surface area contributed by atoms with E-state index in [-0.39, 0.29) is 6.42 Å². The maximum atomic E-state index is 13.6. The van der Waals surface area contributed by atoms with E-state index >= 15 is 0 Å². The van der Waals surface area contributed by atoms with Crippen LogP contribution in [0.2, 0.25) is 0 Å². The number of nitrogens with zero attached hydrogens (tertiary/aromatic N) is 1. The monoisotopic (exact) mass is 303 g/mol. The van der Waals surface area contributed by atoms with Gasteiger partial charge in [-0.1, -0.05) is 48.5 Å². The maximum Gasteiger partial charge on any atom is 0.409 e. The van der Waals surface area contributed by atoms with Crippen molar-refractivity contribution >= 4 is 5.69 Å². The van der Waals surface area contributed by atoms with E-state index in [4.69, 9.17) is 0 Å². The average molecular weight is 303 g/mol. The molecule has 0 saturated heterocycles. The van der Waals surface area contributed by atoms with Gasteiger partial charge in [0.2, 0.25) is 0 Å². The van der Waals surface area contributed by atoms with Gasteiger partial charge in [0.05, 0.1) is 6.04 Å². The van der Waals surface area contributed by atoms with E-state index in [2.05, 4.69) is 6.58 Å². The van der Waals surface area contributed by atoms with Crippen molar-refractivity contribution in [2.75, 3.05) is 4.90 Å². The molecule has 22 heavy (non-hydrogen) atoms. The zero-order chi connectivity index (χ0) is 15.7. The average Bonchev–Trinajstić information content (AvgIpc) is 2.53. The van der Waals surface area contributed by atoms with E-state index in [9.17, 15) is 13.2 Å². The van der Waals surface area contributed by atoms with Gasteiger partial charge in [-0.2, -0.15) is 13.2 Å². The molecule has 0 bridgehead atoms. The van der Waals surface area contributed by atoms with E-state index in [1.165, 1.54) is 4.90 Å².